The molecule has 1 saturated carbocycles. The number of rotatable bonds is 6. The first-order valence-corrected chi connectivity index (χ1v) is 11.3. The van der Waals surface area contributed by atoms with E-state index in [4.69, 9.17) is 4.74 Å². The Morgan fingerprint density at radius 1 is 1.21 bits per heavy atom. The maximum absolute atomic E-state index is 12.9. The molecule has 2 aromatic rings. The lowest BCUT2D eigenvalue weighted by atomic mass is 9.95. The predicted octanol–water partition coefficient (Wildman–Crippen LogP) is 3.39. The molecule has 1 heterocycles. The molecule has 0 radical (unpaired) electrons. The van der Waals surface area contributed by atoms with Gasteiger partial charge in [0, 0.05) is 23.3 Å². The molecule has 0 unspecified atom stereocenters. The van der Waals surface area contributed by atoms with E-state index in [2.05, 4.69) is 15.3 Å². The molecule has 0 spiro atoms. The van der Waals surface area contributed by atoms with Gasteiger partial charge in [-0.1, -0.05) is 39.0 Å². The minimum Gasteiger partial charge on any atom is -0.438 e. The van der Waals surface area contributed by atoms with Crippen LogP contribution >= 0.6 is 0 Å². The molecular weight excluding hydrogens is 390 g/mol. The highest BCUT2D eigenvalue weighted by Crippen LogP contribution is 2.38. The van der Waals surface area contributed by atoms with E-state index < -0.39 is 21.3 Å². The number of nitrogens with one attached hydrogen (secondary N) is 1. The van der Waals surface area contributed by atoms with Crippen LogP contribution < -0.4 is 10.1 Å². The molecule has 0 bridgehead atoms. The van der Waals surface area contributed by atoms with E-state index in [0.29, 0.717) is 24.4 Å². The van der Waals surface area contributed by atoms with Crippen LogP contribution in [0.2, 0.25) is 0 Å². The van der Waals surface area contributed by atoms with Crippen molar-refractivity contribution in [3.8, 4) is 11.6 Å². The normalized spacial score (nSPS) is 15.9. The van der Waals surface area contributed by atoms with Crippen molar-refractivity contribution in [1.29, 1.82) is 0 Å². The molecule has 1 amide bonds. The van der Waals surface area contributed by atoms with Gasteiger partial charge in [-0.2, -0.15) is 4.98 Å². The molecule has 0 saturated heterocycles. The van der Waals surface area contributed by atoms with E-state index in [-0.39, 0.29) is 16.9 Å². The van der Waals surface area contributed by atoms with Crippen molar-refractivity contribution >= 4 is 15.7 Å². The monoisotopic (exact) mass is 415 g/mol. The molecule has 0 atom stereocenters. The van der Waals surface area contributed by atoms with Crippen LogP contribution in [-0.4, -0.2) is 36.1 Å². The second-order valence-electron chi connectivity index (χ2n) is 8.32. The molecule has 1 N–H and O–H groups in total. The van der Waals surface area contributed by atoms with Crippen LogP contribution in [0, 0.1) is 0 Å². The lowest BCUT2D eigenvalue weighted by Gasteiger charge is -2.19. The van der Waals surface area contributed by atoms with Crippen LogP contribution in [0.5, 0.6) is 11.6 Å². The zero-order chi connectivity index (χ0) is 21.3. The highest BCUT2D eigenvalue weighted by Gasteiger charge is 2.42. The molecule has 1 aliphatic rings. The number of hydrogen-bond acceptors (Lipinski definition) is 6. The molecule has 3 rings (SSSR count). The van der Waals surface area contributed by atoms with E-state index in [1.165, 1.54) is 12.3 Å². The average molecular weight is 416 g/mol. The summed E-state index contributed by atoms with van der Waals surface area (Å²) < 4.78 is 28.7. The van der Waals surface area contributed by atoms with Crippen LogP contribution in [0.25, 0.3) is 0 Å². The zero-order valence-electron chi connectivity index (χ0n) is 17.0. The van der Waals surface area contributed by atoms with Gasteiger partial charge in [0.1, 0.15) is 17.1 Å². The standard InChI is InChI=1S/C21H25N3O4S/c1-20(2,3)19-22-14-16(18(23-19)28-15-8-6-5-7-9-15)17(25)24-21(10-11-21)12-13-29(4,26)27/h5-9,12-14H,10-11H2,1-4H3,(H,24,25). The van der Waals surface area contributed by atoms with Crippen molar-refractivity contribution in [1.82, 2.24) is 15.3 Å². The summed E-state index contributed by atoms with van der Waals surface area (Å²) in [6.07, 6.45) is 5.44. The Kier molecular flexibility index (Phi) is 5.49. The van der Waals surface area contributed by atoms with E-state index in [1.807, 2.05) is 39.0 Å². The van der Waals surface area contributed by atoms with Gasteiger partial charge in [0.15, 0.2) is 9.84 Å². The SMILES string of the molecule is CC(C)(C)c1ncc(C(=O)NC2(C=CS(C)(=O)=O)CC2)c(Oc2ccccc2)n1. The summed E-state index contributed by atoms with van der Waals surface area (Å²) in [6.45, 7) is 5.93. The molecule has 1 aliphatic carbocycles. The van der Waals surface area contributed by atoms with Gasteiger partial charge in [0.2, 0.25) is 5.88 Å². The quantitative estimate of drug-likeness (QED) is 0.777. The van der Waals surface area contributed by atoms with Gasteiger partial charge in [-0.25, -0.2) is 13.4 Å². The van der Waals surface area contributed by atoms with Gasteiger partial charge in [0.25, 0.3) is 5.91 Å². The fraction of sp³-hybridized carbons (Fsp3) is 0.381. The van der Waals surface area contributed by atoms with E-state index in [0.717, 1.165) is 11.7 Å². The lowest BCUT2D eigenvalue weighted by molar-refractivity contribution is 0.0936. The molecule has 1 fully saturated rings. The van der Waals surface area contributed by atoms with Crippen molar-refractivity contribution in [2.75, 3.05) is 6.26 Å². The smallest absolute Gasteiger partial charge is 0.259 e. The van der Waals surface area contributed by atoms with E-state index in [1.54, 1.807) is 12.1 Å². The number of ether oxygens (including phenoxy) is 1. The van der Waals surface area contributed by atoms with Crippen molar-refractivity contribution in [3.05, 3.63) is 59.4 Å². The highest BCUT2D eigenvalue weighted by atomic mass is 32.2. The fourth-order valence-electron chi connectivity index (χ4n) is 2.58. The van der Waals surface area contributed by atoms with Crippen LogP contribution in [0.3, 0.4) is 0 Å². The number of aromatic nitrogens is 2. The highest BCUT2D eigenvalue weighted by molar-refractivity contribution is 7.93. The Morgan fingerprint density at radius 3 is 2.41 bits per heavy atom. The van der Waals surface area contributed by atoms with Crippen molar-refractivity contribution < 1.29 is 17.9 Å². The summed E-state index contributed by atoms with van der Waals surface area (Å²) in [6, 6.07) is 9.08. The predicted molar refractivity (Wildman–Crippen MR) is 111 cm³/mol. The average Bonchev–Trinajstić information content (AvgIpc) is 3.39. The summed E-state index contributed by atoms with van der Waals surface area (Å²) in [5, 5.41) is 4.02. The van der Waals surface area contributed by atoms with Crippen LogP contribution in [0.4, 0.5) is 0 Å². The van der Waals surface area contributed by atoms with Crippen molar-refractivity contribution in [3.63, 3.8) is 0 Å². The summed E-state index contributed by atoms with van der Waals surface area (Å²) >= 11 is 0. The Labute approximate surface area is 171 Å². The molecular formula is C21H25N3O4S. The van der Waals surface area contributed by atoms with Gasteiger partial charge in [-0.15, -0.1) is 0 Å². The number of benzene rings is 1. The summed E-state index contributed by atoms with van der Waals surface area (Å²) in [5.41, 5.74) is -0.784. The number of sulfone groups is 1. The maximum atomic E-state index is 12.9. The first kappa shape index (κ1) is 21.0. The summed E-state index contributed by atoms with van der Waals surface area (Å²) in [5.74, 6) is 0.861. The molecule has 154 valence electrons. The van der Waals surface area contributed by atoms with Crippen molar-refractivity contribution in [2.45, 2.75) is 44.6 Å². The number of carbonyl (C=O) groups excluding carboxylic acids is 1. The van der Waals surface area contributed by atoms with E-state index in [9.17, 15) is 13.2 Å². The molecule has 7 nitrogen and oxygen atoms in total. The summed E-state index contributed by atoms with van der Waals surface area (Å²) in [4.78, 5) is 21.8. The minimum atomic E-state index is -3.27. The third-order valence-corrected chi connectivity index (χ3v) is 5.04. The molecule has 1 aromatic carbocycles. The van der Waals surface area contributed by atoms with Crippen LogP contribution in [-0.2, 0) is 15.3 Å². The van der Waals surface area contributed by atoms with Gasteiger partial charge in [-0.05, 0) is 31.1 Å². The molecule has 29 heavy (non-hydrogen) atoms. The third kappa shape index (κ3) is 5.63. The topological polar surface area (TPSA) is 98.2 Å². The number of nitrogens with zero attached hydrogens (tertiary/aromatic N) is 2. The number of carbonyl (C=O) groups is 1. The second-order valence-corrected chi connectivity index (χ2v) is 10.3. The zero-order valence-corrected chi connectivity index (χ0v) is 17.8. The first-order chi connectivity index (χ1) is 13.5. The molecule has 8 heteroatoms. The lowest BCUT2D eigenvalue weighted by Crippen LogP contribution is -2.36. The molecule has 1 aromatic heterocycles. The first-order valence-electron chi connectivity index (χ1n) is 9.30. The Bertz CT molecular complexity index is 1040. The van der Waals surface area contributed by atoms with Gasteiger partial charge in [0.05, 0.1) is 5.54 Å². The van der Waals surface area contributed by atoms with Gasteiger partial charge < -0.3 is 10.1 Å². The van der Waals surface area contributed by atoms with Crippen molar-refractivity contribution in [2.24, 2.45) is 0 Å². The minimum absolute atomic E-state index is 0.163. The second kappa shape index (κ2) is 7.59. The Balaban J connectivity index is 1.91. The van der Waals surface area contributed by atoms with E-state index >= 15 is 0 Å². The Hall–Kier alpha value is -2.74. The van der Waals surface area contributed by atoms with Crippen LogP contribution in [0.15, 0.2) is 48.0 Å². The number of hydrogen-bond donors (Lipinski definition) is 1. The molecule has 0 aliphatic heterocycles. The number of para-hydroxylation sites is 1. The largest absolute Gasteiger partial charge is 0.438 e. The third-order valence-electron chi connectivity index (χ3n) is 4.41. The van der Waals surface area contributed by atoms with Gasteiger partial charge in [-0.3, -0.25) is 4.79 Å². The summed E-state index contributed by atoms with van der Waals surface area (Å²) in [7, 11) is -3.27. The Morgan fingerprint density at radius 2 is 1.86 bits per heavy atom. The number of amides is 1. The van der Waals surface area contributed by atoms with Crippen LogP contribution in [0.1, 0.15) is 49.8 Å². The fourth-order valence-corrected chi connectivity index (χ4v) is 3.08. The van der Waals surface area contributed by atoms with Gasteiger partial charge >= 0.3 is 0 Å². The maximum Gasteiger partial charge on any atom is 0.259 e.